The number of nitrogen functional groups attached to an aromatic ring is 1. The molecule has 0 aliphatic rings. The molecule has 5 nitrogen and oxygen atoms in total. The highest BCUT2D eigenvalue weighted by Gasteiger charge is 2.39. The highest BCUT2D eigenvalue weighted by Crippen LogP contribution is 2.38. The first-order chi connectivity index (χ1) is 13.7. The van der Waals surface area contributed by atoms with Crippen LogP contribution in [0.15, 0.2) is 48.8 Å². The van der Waals surface area contributed by atoms with Crippen LogP contribution in [0.5, 0.6) is 0 Å². The molecule has 1 aromatic heterocycles. The second-order valence-corrected chi connectivity index (χ2v) is 6.89. The number of hydrogen-bond donors (Lipinski definition) is 1. The first-order valence-corrected chi connectivity index (χ1v) is 8.85. The summed E-state index contributed by atoms with van der Waals surface area (Å²) in [4.78, 5) is 3.78. The van der Waals surface area contributed by atoms with Crippen LogP contribution in [0.2, 0.25) is 10.0 Å². The summed E-state index contributed by atoms with van der Waals surface area (Å²) in [7, 11) is 0. The van der Waals surface area contributed by atoms with E-state index in [1.54, 1.807) is 12.1 Å². The number of aromatic nitrogens is 3. The molecule has 0 radical (unpaired) electrons. The number of halogens is 5. The Bertz CT molecular complexity index is 1100. The van der Waals surface area contributed by atoms with Crippen LogP contribution in [0, 0.1) is 11.3 Å². The number of nitriles is 1. The van der Waals surface area contributed by atoms with Crippen molar-refractivity contribution in [1.29, 1.82) is 5.26 Å². The third kappa shape index (κ3) is 4.88. The number of anilines is 1. The van der Waals surface area contributed by atoms with E-state index in [1.165, 1.54) is 41.4 Å². The van der Waals surface area contributed by atoms with Crippen LogP contribution in [-0.4, -0.2) is 20.9 Å². The Morgan fingerprint density at radius 2 is 1.83 bits per heavy atom. The highest BCUT2D eigenvalue weighted by atomic mass is 35.5. The molecule has 1 unspecified atom stereocenters. The van der Waals surface area contributed by atoms with Crippen LogP contribution in [0.25, 0.3) is 11.8 Å². The maximum absolute atomic E-state index is 13.6. The minimum absolute atomic E-state index is 0.0334. The Balaban J connectivity index is 1.97. The van der Waals surface area contributed by atoms with E-state index in [0.717, 1.165) is 6.08 Å². The quantitative estimate of drug-likeness (QED) is 0.593. The number of alkyl halides is 3. The van der Waals surface area contributed by atoms with Crippen molar-refractivity contribution in [3.8, 4) is 11.8 Å². The molecule has 1 atom stereocenters. The fourth-order valence-corrected chi connectivity index (χ4v) is 3.25. The molecule has 0 aliphatic heterocycles. The number of benzene rings is 2. The molecule has 2 N–H and O–H groups in total. The van der Waals surface area contributed by atoms with Gasteiger partial charge in [-0.05, 0) is 41.5 Å². The van der Waals surface area contributed by atoms with E-state index in [9.17, 15) is 18.4 Å². The van der Waals surface area contributed by atoms with E-state index in [4.69, 9.17) is 28.9 Å². The van der Waals surface area contributed by atoms with Crippen LogP contribution in [-0.2, 0) is 0 Å². The maximum atomic E-state index is 13.6. The predicted octanol–water partition coefficient (Wildman–Crippen LogP) is 5.39. The number of hydrogen-bond acceptors (Lipinski definition) is 4. The summed E-state index contributed by atoms with van der Waals surface area (Å²) in [6, 6.07) is 10.3. The van der Waals surface area contributed by atoms with Crippen LogP contribution in [0.1, 0.15) is 22.6 Å². The molecule has 0 amide bonds. The zero-order valence-corrected chi connectivity index (χ0v) is 16.0. The molecule has 2 aromatic carbocycles. The minimum Gasteiger partial charge on any atom is -0.366 e. The normalized spacial score (nSPS) is 12.8. The molecule has 0 bridgehead atoms. The van der Waals surface area contributed by atoms with E-state index in [2.05, 4.69) is 10.1 Å². The summed E-state index contributed by atoms with van der Waals surface area (Å²) in [5, 5.41) is 13.5. The van der Waals surface area contributed by atoms with Gasteiger partial charge in [-0.15, -0.1) is 5.10 Å². The average Bonchev–Trinajstić information content (AvgIpc) is 3.06. The monoisotopic (exact) mass is 437 g/mol. The summed E-state index contributed by atoms with van der Waals surface area (Å²) in [5.41, 5.74) is 6.40. The van der Waals surface area contributed by atoms with Crippen molar-refractivity contribution >= 4 is 35.2 Å². The van der Waals surface area contributed by atoms with Gasteiger partial charge >= 0.3 is 6.18 Å². The predicted molar refractivity (Wildman–Crippen MR) is 105 cm³/mol. The van der Waals surface area contributed by atoms with Gasteiger partial charge in [0.05, 0.1) is 17.2 Å². The zero-order chi connectivity index (χ0) is 21.2. The standard InChI is InChI=1S/C19H12Cl2F3N5/c20-14-6-12(7-15(21)8-14)16(19(22,23)24)3-1-11-2-4-17(13(5-11)9-25)29-10-27-18(26)28-29/h1-8,10,16H,(H2,26,28). The number of nitrogens with two attached hydrogens (primary N) is 1. The van der Waals surface area contributed by atoms with Gasteiger partial charge in [0.15, 0.2) is 0 Å². The van der Waals surface area contributed by atoms with E-state index in [1.807, 2.05) is 6.07 Å². The van der Waals surface area contributed by atoms with Gasteiger partial charge in [-0.2, -0.15) is 18.4 Å². The Morgan fingerprint density at radius 3 is 2.38 bits per heavy atom. The van der Waals surface area contributed by atoms with Gasteiger partial charge in [-0.25, -0.2) is 9.67 Å². The minimum atomic E-state index is -4.55. The molecular formula is C19H12Cl2F3N5. The van der Waals surface area contributed by atoms with E-state index < -0.39 is 12.1 Å². The van der Waals surface area contributed by atoms with Gasteiger partial charge in [0.25, 0.3) is 0 Å². The molecule has 1 heterocycles. The van der Waals surface area contributed by atoms with Crippen molar-refractivity contribution in [2.24, 2.45) is 0 Å². The zero-order valence-electron chi connectivity index (χ0n) is 14.5. The summed E-state index contributed by atoms with van der Waals surface area (Å²) >= 11 is 11.7. The molecule has 3 aromatic rings. The van der Waals surface area contributed by atoms with Crippen LogP contribution in [0.4, 0.5) is 19.1 Å². The first-order valence-electron chi connectivity index (χ1n) is 8.10. The Labute approximate surface area is 173 Å². The topological polar surface area (TPSA) is 80.5 Å². The van der Waals surface area contributed by atoms with Gasteiger partial charge < -0.3 is 5.73 Å². The molecule has 148 valence electrons. The van der Waals surface area contributed by atoms with Gasteiger partial charge in [0.1, 0.15) is 12.4 Å². The lowest BCUT2D eigenvalue weighted by atomic mass is 9.96. The third-order valence-corrected chi connectivity index (χ3v) is 4.41. The summed E-state index contributed by atoms with van der Waals surface area (Å²) in [6.07, 6.45) is -0.941. The second-order valence-electron chi connectivity index (χ2n) is 6.02. The van der Waals surface area contributed by atoms with Gasteiger partial charge in [-0.1, -0.05) is 41.4 Å². The van der Waals surface area contributed by atoms with Crippen molar-refractivity contribution in [2.75, 3.05) is 5.73 Å². The van der Waals surface area contributed by atoms with Gasteiger partial charge in [-0.3, -0.25) is 0 Å². The summed E-state index contributed by atoms with van der Waals surface area (Å²) < 4.78 is 42.1. The molecule has 0 saturated carbocycles. The molecule has 0 spiro atoms. The summed E-state index contributed by atoms with van der Waals surface area (Å²) in [6.45, 7) is 0. The molecule has 29 heavy (non-hydrogen) atoms. The van der Waals surface area contributed by atoms with E-state index >= 15 is 0 Å². The van der Waals surface area contributed by atoms with Crippen LogP contribution in [0.3, 0.4) is 0 Å². The Morgan fingerprint density at radius 1 is 1.14 bits per heavy atom. The SMILES string of the molecule is N#Cc1cc(C=CC(c2cc(Cl)cc(Cl)c2)C(F)(F)F)ccc1-n1cnc(N)n1. The highest BCUT2D eigenvalue weighted by molar-refractivity contribution is 6.34. The lowest BCUT2D eigenvalue weighted by molar-refractivity contribution is -0.139. The smallest absolute Gasteiger partial charge is 0.366 e. The fourth-order valence-electron chi connectivity index (χ4n) is 2.71. The second kappa shape index (κ2) is 8.15. The number of nitrogens with zero attached hydrogens (tertiary/aromatic N) is 4. The lowest BCUT2D eigenvalue weighted by Crippen LogP contribution is -2.18. The molecular weight excluding hydrogens is 426 g/mol. The summed E-state index contributed by atoms with van der Waals surface area (Å²) in [5.74, 6) is -1.88. The largest absolute Gasteiger partial charge is 0.399 e. The van der Waals surface area contributed by atoms with Gasteiger partial charge in [0.2, 0.25) is 5.95 Å². The molecule has 0 saturated heterocycles. The first kappa shape index (κ1) is 20.7. The van der Waals surface area contributed by atoms with Crippen LogP contribution < -0.4 is 5.73 Å². The number of allylic oxidation sites excluding steroid dienone is 1. The van der Waals surface area contributed by atoms with E-state index in [0.29, 0.717) is 11.3 Å². The Kier molecular flexibility index (Phi) is 5.82. The van der Waals surface area contributed by atoms with Crippen molar-refractivity contribution in [2.45, 2.75) is 12.1 Å². The van der Waals surface area contributed by atoms with Crippen molar-refractivity contribution in [3.05, 3.63) is 75.5 Å². The van der Waals surface area contributed by atoms with E-state index in [-0.39, 0.29) is 27.1 Å². The van der Waals surface area contributed by atoms with Gasteiger partial charge in [0, 0.05) is 10.0 Å². The number of rotatable bonds is 4. The van der Waals surface area contributed by atoms with Crippen LogP contribution >= 0.6 is 23.2 Å². The maximum Gasteiger partial charge on any atom is 0.399 e. The Hall–Kier alpha value is -3.02. The van der Waals surface area contributed by atoms with Crippen molar-refractivity contribution < 1.29 is 13.2 Å². The molecule has 0 aliphatic carbocycles. The lowest BCUT2D eigenvalue weighted by Gasteiger charge is -2.18. The molecule has 3 rings (SSSR count). The molecule has 0 fully saturated rings. The van der Waals surface area contributed by atoms with Crippen molar-refractivity contribution in [1.82, 2.24) is 14.8 Å². The average molecular weight is 438 g/mol. The fraction of sp³-hybridized carbons (Fsp3) is 0.105. The van der Waals surface area contributed by atoms with Crippen molar-refractivity contribution in [3.63, 3.8) is 0 Å². The third-order valence-electron chi connectivity index (χ3n) is 3.98. The molecule has 10 heteroatoms.